The van der Waals surface area contributed by atoms with Crippen LogP contribution in [0.3, 0.4) is 0 Å². The predicted molar refractivity (Wildman–Crippen MR) is 164 cm³/mol. The van der Waals surface area contributed by atoms with Gasteiger partial charge in [-0.15, -0.1) is 0 Å². The lowest BCUT2D eigenvalue weighted by Crippen LogP contribution is -2.45. The molecule has 1 heterocycles. The fraction of sp³-hybridized carbons (Fsp3) is 0.286. The van der Waals surface area contributed by atoms with Crippen LogP contribution in [-0.2, 0) is 16.0 Å². The Bertz CT molecular complexity index is 1440. The van der Waals surface area contributed by atoms with Crippen LogP contribution in [0.25, 0.3) is 11.3 Å². The molecule has 4 rings (SSSR count). The molecule has 42 heavy (non-hydrogen) atoms. The first-order valence-corrected chi connectivity index (χ1v) is 14.2. The Morgan fingerprint density at radius 1 is 0.881 bits per heavy atom. The van der Waals surface area contributed by atoms with E-state index in [1.807, 2.05) is 78.9 Å². The van der Waals surface area contributed by atoms with Crippen LogP contribution in [0.15, 0.2) is 97.2 Å². The summed E-state index contributed by atoms with van der Waals surface area (Å²) in [6, 6.07) is 28.4. The molecule has 0 radical (unpaired) electrons. The molecule has 0 fully saturated rings. The fourth-order valence-corrected chi connectivity index (χ4v) is 4.47. The molecular weight excluding hydrogens is 528 g/mol. The van der Waals surface area contributed by atoms with Crippen molar-refractivity contribution in [2.45, 2.75) is 45.6 Å². The van der Waals surface area contributed by atoms with Crippen LogP contribution in [0.2, 0.25) is 0 Å². The lowest BCUT2D eigenvalue weighted by Gasteiger charge is -2.29. The van der Waals surface area contributed by atoms with E-state index >= 15 is 0 Å². The average molecular weight is 567 g/mol. The van der Waals surface area contributed by atoms with Crippen LogP contribution in [0, 0.1) is 0 Å². The molecule has 1 aromatic heterocycles. The van der Waals surface area contributed by atoms with Gasteiger partial charge in [0.2, 0.25) is 5.60 Å². The molecule has 7 nitrogen and oxygen atoms in total. The summed E-state index contributed by atoms with van der Waals surface area (Å²) in [4.78, 5) is 29.8. The van der Waals surface area contributed by atoms with Gasteiger partial charge in [-0.1, -0.05) is 56.3 Å². The summed E-state index contributed by atoms with van der Waals surface area (Å²) >= 11 is 0. The number of nitrogens with zero attached hydrogens (tertiary/aromatic N) is 1. The maximum Gasteiger partial charge on any atom is 0.350 e. The Morgan fingerprint density at radius 3 is 2.19 bits per heavy atom. The summed E-state index contributed by atoms with van der Waals surface area (Å²) in [5, 5.41) is 2.88. The number of nitrogens with one attached hydrogen (secondary N) is 1. The highest BCUT2D eigenvalue weighted by atomic mass is 16.6. The van der Waals surface area contributed by atoms with Gasteiger partial charge in [0.05, 0.1) is 18.8 Å². The molecular formula is C35H38N2O5. The Morgan fingerprint density at radius 2 is 1.57 bits per heavy atom. The molecule has 0 aliphatic heterocycles. The Balaban J connectivity index is 1.29. The van der Waals surface area contributed by atoms with Crippen LogP contribution in [0.5, 0.6) is 11.5 Å². The summed E-state index contributed by atoms with van der Waals surface area (Å²) in [6.07, 6.45) is 2.07. The molecule has 0 aliphatic rings. The van der Waals surface area contributed by atoms with Gasteiger partial charge in [-0.25, -0.2) is 4.79 Å². The quantitative estimate of drug-likeness (QED) is 0.145. The second-order valence-electron chi connectivity index (χ2n) is 10.5. The molecule has 7 heteroatoms. The van der Waals surface area contributed by atoms with E-state index in [0.29, 0.717) is 42.6 Å². The number of carbonyl (C=O) groups is 2. The van der Waals surface area contributed by atoms with Crippen molar-refractivity contribution in [1.82, 2.24) is 10.3 Å². The number of esters is 1. The van der Waals surface area contributed by atoms with Gasteiger partial charge < -0.3 is 19.5 Å². The molecule has 1 unspecified atom stereocenters. The Hall–Kier alpha value is -4.65. The summed E-state index contributed by atoms with van der Waals surface area (Å²) in [6.45, 7) is 8.73. The zero-order valence-electron chi connectivity index (χ0n) is 24.6. The standard InChI is InChI=1S/C35H38N2O5/c1-5-40-34(39)35(4,42-31-19-15-27(16-20-31)25(2)3)24-26-9-17-30(18-10-26)41-23-22-37-33(38)29-13-11-28(12-14-29)32-8-6-7-21-36-32/h6-21,25H,5,22-24H2,1-4H3,(H,37,38). The summed E-state index contributed by atoms with van der Waals surface area (Å²) in [5.74, 6) is 1.10. The fourth-order valence-electron chi connectivity index (χ4n) is 4.47. The second-order valence-corrected chi connectivity index (χ2v) is 10.5. The normalized spacial score (nSPS) is 12.3. The number of rotatable bonds is 13. The molecule has 1 amide bonds. The van der Waals surface area contributed by atoms with Crippen LogP contribution >= 0.6 is 0 Å². The van der Waals surface area contributed by atoms with E-state index in [-0.39, 0.29) is 12.5 Å². The topological polar surface area (TPSA) is 86.8 Å². The van der Waals surface area contributed by atoms with Gasteiger partial charge in [-0.05, 0) is 79.4 Å². The first kappa shape index (κ1) is 30.3. The molecule has 0 aliphatic carbocycles. The van der Waals surface area contributed by atoms with E-state index in [1.54, 1.807) is 32.2 Å². The maximum absolute atomic E-state index is 12.9. The largest absolute Gasteiger partial charge is 0.492 e. The minimum absolute atomic E-state index is 0.168. The molecule has 0 saturated heterocycles. The monoisotopic (exact) mass is 566 g/mol. The van der Waals surface area contributed by atoms with Gasteiger partial charge in [0.1, 0.15) is 18.1 Å². The van der Waals surface area contributed by atoms with Crippen molar-refractivity contribution in [1.29, 1.82) is 0 Å². The van der Waals surface area contributed by atoms with Crippen molar-refractivity contribution >= 4 is 11.9 Å². The van der Waals surface area contributed by atoms with E-state index in [0.717, 1.165) is 16.8 Å². The van der Waals surface area contributed by atoms with Crippen molar-refractivity contribution in [3.05, 3.63) is 114 Å². The third-order valence-corrected chi connectivity index (χ3v) is 6.83. The number of aromatic nitrogens is 1. The highest BCUT2D eigenvalue weighted by molar-refractivity contribution is 5.94. The summed E-state index contributed by atoms with van der Waals surface area (Å²) < 4.78 is 17.4. The number of amides is 1. The predicted octanol–water partition coefficient (Wildman–Crippen LogP) is 6.62. The second kappa shape index (κ2) is 14.3. The van der Waals surface area contributed by atoms with Gasteiger partial charge >= 0.3 is 5.97 Å². The number of ether oxygens (including phenoxy) is 3. The lowest BCUT2D eigenvalue weighted by atomic mass is 9.96. The van der Waals surface area contributed by atoms with Crippen LogP contribution in [-0.4, -0.2) is 42.2 Å². The van der Waals surface area contributed by atoms with Crippen LogP contribution in [0.4, 0.5) is 0 Å². The molecule has 3 aromatic carbocycles. The van der Waals surface area contributed by atoms with Gasteiger partial charge in [-0.3, -0.25) is 9.78 Å². The molecule has 0 saturated carbocycles. The number of carbonyl (C=O) groups excluding carboxylic acids is 2. The van der Waals surface area contributed by atoms with Crippen molar-refractivity contribution in [3.8, 4) is 22.8 Å². The maximum atomic E-state index is 12.9. The van der Waals surface area contributed by atoms with Gasteiger partial charge in [0, 0.05) is 23.7 Å². The van der Waals surface area contributed by atoms with Gasteiger partial charge in [-0.2, -0.15) is 0 Å². The SMILES string of the molecule is CCOC(=O)C(C)(Cc1ccc(OCCNC(=O)c2ccc(-c3ccccn3)cc2)cc1)Oc1ccc(C(C)C)cc1. The minimum Gasteiger partial charge on any atom is -0.492 e. The number of benzene rings is 3. The number of hydrogen-bond acceptors (Lipinski definition) is 6. The third kappa shape index (κ3) is 8.19. The van der Waals surface area contributed by atoms with Gasteiger partial charge in [0.15, 0.2) is 0 Å². The molecule has 0 bridgehead atoms. The van der Waals surface area contributed by atoms with Crippen molar-refractivity contribution in [2.24, 2.45) is 0 Å². The highest BCUT2D eigenvalue weighted by Crippen LogP contribution is 2.27. The Labute approximate surface area is 247 Å². The first-order chi connectivity index (χ1) is 20.3. The number of pyridine rings is 1. The van der Waals surface area contributed by atoms with E-state index in [2.05, 4.69) is 24.1 Å². The van der Waals surface area contributed by atoms with Crippen molar-refractivity contribution in [3.63, 3.8) is 0 Å². The molecule has 1 N–H and O–H groups in total. The third-order valence-electron chi connectivity index (χ3n) is 6.83. The summed E-state index contributed by atoms with van der Waals surface area (Å²) in [5.41, 5.74) is 3.29. The molecule has 218 valence electrons. The molecule has 1 atom stereocenters. The van der Waals surface area contributed by atoms with E-state index in [1.165, 1.54) is 5.56 Å². The van der Waals surface area contributed by atoms with E-state index in [9.17, 15) is 9.59 Å². The summed E-state index contributed by atoms with van der Waals surface area (Å²) in [7, 11) is 0. The highest BCUT2D eigenvalue weighted by Gasteiger charge is 2.37. The average Bonchev–Trinajstić information content (AvgIpc) is 3.01. The first-order valence-electron chi connectivity index (χ1n) is 14.2. The lowest BCUT2D eigenvalue weighted by molar-refractivity contribution is -0.160. The van der Waals surface area contributed by atoms with Crippen molar-refractivity contribution < 1.29 is 23.8 Å². The Kier molecular flexibility index (Phi) is 10.3. The van der Waals surface area contributed by atoms with Crippen LogP contribution < -0.4 is 14.8 Å². The zero-order chi connectivity index (χ0) is 30.0. The minimum atomic E-state index is -1.20. The van der Waals surface area contributed by atoms with E-state index < -0.39 is 11.6 Å². The zero-order valence-corrected chi connectivity index (χ0v) is 24.6. The molecule has 4 aromatic rings. The van der Waals surface area contributed by atoms with E-state index in [4.69, 9.17) is 14.2 Å². The van der Waals surface area contributed by atoms with Gasteiger partial charge in [0.25, 0.3) is 5.91 Å². The molecule has 0 spiro atoms. The smallest absolute Gasteiger partial charge is 0.350 e. The van der Waals surface area contributed by atoms with Crippen LogP contribution in [0.1, 0.15) is 55.1 Å². The number of hydrogen-bond donors (Lipinski definition) is 1. The van der Waals surface area contributed by atoms with Crippen molar-refractivity contribution in [2.75, 3.05) is 19.8 Å².